The maximum atomic E-state index is 13.7. The van der Waals surface area contributed by atoms with Crippen LogP contribution in [0.15, 0.2) is 76.2 Å². The van der Waals surface area contributed by atoms with Crippen molar-refractivity contribution in [2.75, 3.05) is 27.4 Å². The van der Waals surface area contributed by atoms with Gasteiger partial charge in [-0.2, -0.15) is 0 Å². The summed E-state index contributed by atoms with van der Waals surface area (Å²) in [6.07, 6.45) is 3.48. The van der Waals surface area contributed by atoms with E-state index in [2.05, 4.69) is 11.6 Å². The molecule has 2 aromatic carbocycles. The molecule has 0 unspecified atom stereocenters. The molecule has 0 bridgehead atoms. The first-order valence-corrected chi connectivity index (χ1v) is 12.5. The lowest BCUT2D eigenvalue weighted by Gasteiger charge is -2.25. The number of fused-ring (bicyclic) bond motifs is 1. The van der Waals surface area contributed by atoms with Crippen LogP contribution in [-0.4, -0.2) is 38.0 Å². The highest BCUT2D eigenvalue weighted by Gasteiger charge is 2.33. The molecular formula is C28H28N2O6S. The van der Waals surface area contributed by atoms with Gasteiger partial charge in [-0.3, -0.25) is 9.36 Å². The van der Waals surface area contributed by atoms with Gasteiger partial charge in [0.15, 0.2) is 16.3 Å². The average molecular weight is 521 g/mol. The first-order chi connectivity index (χ1) is 17.9. The fourth-order valence-corrected chi connectivity index (χ4v) is 5.14. The molecule has 0 saturated carbocycles. The SMILES string of the molecule is C=CCOc1ccc(/C=c2\sc3n(c2=O)[C@@H](c2ccc(OC)c(OC)c2)C(C(=O)OCC)=C(C)N=3)cc1. The highest BCUT2D eigenvalue weighted by molar-refractivity contribution is 7.07. The summed E-state index contributed by atoms with van der Waals surface area (Å²) in [7, 11) is 3.08. The van der Waals surface area contributed by atoms with Crippen LogP contribution in [0.3, 0.4) is 0 Å². The van der Waals surface area contributed by atoms with Crippen LogP contribution >= 0.6 is 11.3 Å². The molecule has 0 amide bonds. The smallest absolute Gasteiger partial charge is 0.338 e. The van der Waals surface area contributed by atoms with E-state index in [0.717, 1.165) is 5.56 Å². The Morgan fingerprint density at radius 1 is 1.14 bits per heavy atom. The van der Waals surface area contributed by atoms with Gasteiger partial charge in [0.05, 0.1) is 42.7 Å². The summed E-state index contributed by atoms with van der Waals surface area (Å²) in [6, 6.07) is 12.0. The predicted molar refractivity (Wildman–Crippen MR) is 142 cm³/mol. The van der Waals surface area contributed by atoms with Gasteiger partial charge in [0.25, 0.3) is 5.56 Å². The third-order valence-corrected chi connectivity index (χ3v) is 6.77. The zero-order valence-electron chi connectivity index (χ0n) is 21.1. The van der Waals surface area contributed by atoms with E-state index in [-0.39, 0.29) is 12.2 Å². The Bertz CT molecular complexity index is 1530. The molecule has 0 saturated heterocycles. The molecule has 0 N–H and O–H groups in total. The molecule has 37 heavy (non-hydrogen) atoms. The van der Waals surface area contributed by atoms with Crippen LogP contribution in [0, 0.1) is 0 Å². The lowest BCUT2D eigenvalue weighted by atomic mass is 9.95. The minimum atomic E-state index is -0.744. The molecule has 1 aromatic heterocycles. The van der Waals surface area contributed by atoms with Gasteiger partial charge in [0.1, 0.15) is 12.4 Å². The number of rotatable bonds is 9. The van der Waals surface area contributed by atoms with E-state index in [1.54, 1.807) is 49.8 Å². The summed E-state index contributed by atoms with van der Waals surface area (Å²) in [6.45, 7) is 7.75. The van der Waals surface area contributed by atoms with Crippen molar-refractivity contribution in [3.05, 3.63) is 97.2 Å². The van der Waals surface area contributed by atoms with Gasteiger partial charge in [-0.25, -0.2) is 9.79 Å². The van der Waals surface area contributed by atoms with Gasteiger partial charge in [-0.05, 0) is 55.3 Å². The molecule has 1 atom stereocenters. The van der Waals surface area contributed by atoms with Gasteiger partial charge in [0, 0.05) is 0 Å². The van der Waals surface area contributed by atoms with Crippen molar-refractivity contribution in [1.29, 1.82) is 0 Å². The number of hydrogen-bond acceptors (Lipinski definition) is 8. The highest BCUT2D eigenvalue weighted by atomic mass is 32.1. The van der Waals surface area contributed by atoms with E-state index >= 15 is 0 Å². The second kappa shape index (κ2) is 11.3. The number of thiazole rings is 1. The minimum absolute atomic E-state index is 0.200. The Morgan fingerprint density at radius 3 is 2.51 bits per heavy atom. The second-order valence-electron chi connectivity index (χ2n) is 8.09. The van der Waals surface area contributed by atoms with Crippen molar-refractivity contribution in [1.82, 2.24) is 4.57 Å². The largest absolute Gasteiger partial charge is 0.493 e. The minimum Gasteiger partial charge on any atom is -0.493 e. The molecule has 192 valence electrons. The number of methoxy groups -OCH3 is 2. The Kier molecular flexibility index (Phi) is 7.93. The topological polar surface area (TPSA) is 88.3 Å². The molecular weight excluding hydrogens is 492 g/mol. The number of esters is 1. The lowest BCUT2D eigenvalue weighted by Crippen LogP contribution is -2.39. The number of aromatic nitrogens is 1. The number of carbonyl (C=O) groups is 1. The van der Waals surface area contributed by atoms with Crippen molar-refractivity contribution in [3.63, 3.8) is 0 Å². The average Bonchev–Trinajstić information content (AvgIpc) is 3.21. The van der Waals surface area contributed by atoms with Gasteiger partial charge < -0.3 is 18.9 Å². The lowest BCUT2D eigenvalue weighted by molar-refractivity contribution is -0.139. The van der Waals surface area contributed by atoms with E-state index in [4.69, 9.17) is 18.9 Å². The van der Waals surface area contributed by atoms with E-state index in [1.807, 2.05) is 30.3 Å². The third kappa shape index (κ3) is 5.22. The van der Waals surface area contributed by atoms with Gasteiger partial charge >= 0.3 is 5.97 Å². The summed E-state index contributed by atoms with van der Waals surface area (Å²) in [5.74, 6) is 1.21. The summed E-state index contributed by atoms with van der Waals surface area (Å²) in [5.41, 5.74) is 2.04. The molecule has 1 aliphatic heterocycles. The predicted octanol–water partition coefficient (Wildman–Crippen LogP) is 3.38. The molecule has 3 aromatic rings. The number of nitrogens with zero attached hydrogens (tertiary/aromatic N) is 2. The molecule has 0 fully saturated rings. The van der Waals surface area contributed by atoms with E-state index in [9.17, 15) is 9.59 Å². The van der Waals surface area contributed by atoms with Crippen LogP contribution in [0.4, 0.5) is 0 Å². The fourth-order valence-electron chi connectivity index (χ4n) is 4.10. The van der Waals surface area contributed by atoms with Crippen molar-refractivity contribution in [2.45, 2.75) is 19.9 Å². The number of ether oxygens (including phenoxy) is 4. The molecule has 4 rings (SSSR count). The van der Waals surface area contributed by atoms with E-state index in [1.165, 1.54) is 18.4 Å². The first kappa shape index (κ1) is 26.0. The number of benzene rings is 2. The number of carbonyl (C=O) groups excluding carboxylic acids is 1. The van der Waals surface area contributed by atoms with Gasteiger partial charge in [0.2, 0.25) is 0 Å². The van der Waals surface area contributed by atoms with E-state index in [0.29, 0.717) is 50.0 Å². The first-order valence-electron chi connectivity index (χ1n) is 11.7. The van der Waals surface area contributed by atoms with Gasteiger partial charge in [-0.15, -0.1) is 0 Å². The Balaban J connectivity index is 1.87. The number of allylic oxidation sites excluding steroid dienone is 1. The van der Waals surface area contributed by atoms with Crippen molar-refractivity contribution < 1.29 is 23.7 Å². The molecule has 9 heteroatoms. The summed E-state index contributed by atoms with van der Waals surface area (Å²) < 4.78 is 23.8. The summed E-state index contributed by atoms with van der Waals surface area (Å²) >= 11 is 1.26. The number of hydrogen-bond donors (Lipinski definition) is 0. The second-order valence-corrected chi connectivity index (χ2v) is 9.09. The standard InChI is InChI=1S/C28H28N2O6S/c1-6-14-36-20-11-8-18(9-12-20)15-23-26(31)30-25(19-10-13-21(33-4)22(16-19)34-5)24(27(32)35-7-2)17(3)29-28(30)37-23/h6,8-13,15-16,25H,1,7,14H2,2-5H3/b23-15-/t25-/m0/s1. The molecule has 0 spiro atoms. The molecule has 2 heterocycles. The zero-order valence-corrected chi connectivity index (χ0v) is 22.0. The monoisotopic (exact) mass is 520 g/mol. The molecule has 0 aliphatic carbocycles. The highest BCUT2D eigenvalue weighted by Crippen LogP contribution is 2.36. The fraction of sp³-hybridized carbons (Fsp3) is 0.250. The zero-order chi connectivity index (χ0) is 26.5. The van der Waals surface area contributed by atoms with Gasteiger partial charge in [-0.1, -0.05) is 42.2 Å². The molecule has 1 aliphatic rings. The van der Waals surface area contributed by atoms with Crippen LogP contribution in [0.5, 0.6) is 17.2 Å². The van der Waals surface area contributed by atoms with E-state index < -0.39 is 12.0 Å². The normalized spacial score (nSPS) is 15.0. The Labute approximate surface area is 218 Å². The summed E-state index contributed by atoms with van der Waals surface area (Å²) in [5, 5.41) is 0. The molecule has 8 nitrogen and oxygen atoms in total. The van der Waals surface area contributed by atoms with Crippen LogP contribution in [0.1, 0.15) is 31.0 Å². The van der Waals surface area contributed by atoms with Crippen molar-refractivity contribution in [2.24, 2.45) is 4.99 Å². The van der Waals surface area contributed by atoms with Crippen LogP contribution < -0.4 is 29.1 Å². The van der Waals surface area contributed by atoms with Crippen LogP contribution in [-0.2, 0) is 9.53 Å². The third-order valence-electron chi connectivity index (χ3n) is 5.79. The molecule has 0 radical (unpaired) electrons. The van der Waals surface area contributed by atoms with Crippen molar-refractivity contribution >= 4 is 23.4 Å². The van der Waals surface area contributed by atoms with Crippen LogP contribution in [0.2, 0.25) is 0 Å². The Hall–Kier alpha value is -4.11. The van der Waals surface area contributed by atoms with Crippen LogP contribution in [0.25, 0.3) is 6.08 Å². The maximum Gasteiger partial charge on any atom is 0.338 e. The summed E-state index contributed by atoms with van der Waals surface area (Å²) in [4.78, 5) is 31.9. The van der Waals surface area contributed by atoms with Crippen molar-refractivity contribution in [3.8, 4) is 17.2 Å². The maximum absolute atomic E-state index is 13.7. The quantitative estimate of drug-likeness (QED) is 0.318. The Morgan fingerprint density at radius 2 is 1.86 bits per heavy atom.